The van der Waals surface area contributed by atoms with Gasteiger partial charge in [-0.1, -0.05) is 35.6 Å². The lowest BCUT2D eigenvalue weighted by molar-refractivity contribution is -0.118. The maximum atomic E-state index is 12.3. The zero-order chi connectivity index (χ0) is 19.4. The summed E-state index contributed by atoms with van der Waals surface area (Å²) in [6.07, 6.45) is 0.314. The smallest absolute Gasteiger partial charge is 0.248 e. The van der Waals surface area contributed by atoms with Gasteiger partial charge in [0.2, 0.25) is 5.91 Å². The van der Waals surface area contributed by atoms with Gasteiger partial charge in [-0.3, -0.25) is 4.79 Å². The van der Waals surface area contributed by atoms with Crippen LogP contribution in [0.3, 0.4) is 0 Å². The van der Waals surface area contributed by atoms with Crippen molar-refractivity contribution in [2.75, 3.05) is 12.9 Å². The minimum absolute atomic E-state index is 0.0787. The lowest BCUT2D eigenvalue weighted by Crippen LogP contribution is -2.14. The first-order chi connectivity index (χ1) is 12.9. The van der Waals surface area contributed by atoms with Crippen LogP contribution in [0.2, 0.25) is 0 Å². The number of sulfone groups is 1. The van der Waals surface area contributed by atoms with Gasteiger partial charge < -0.3 is 9.30 Å². The van der Waals surface area contributed by atoms with E-state index in [9.17, 15) is 13.2 Å². The molecule has 0 aliphatic rings. The molecule has 3 rings (SSSR count). The molecule has 1 aromatic heterocycles. The van der Waals surface area contributed by atoms with Crippen LogP contribution in [-0.2, 0) is 21.7 Å². The van der Waals surface area contributed by atoms with Crippen molar-refractivity contribution in [3.05, 3.63) is 53.3 Å². The molecule has 0 atom stereocenters. The van der Waals surface area contributed by atoms with E-state index in [1.54, 1.807) is 37.4 Å². The van der Waals surface area contributed by atoms with Gasteiger partial charge in [0, 0.05) is 13.5 Å². The summed E-state index contributed by atoms with van der Waals surface area (Å²) < 4.78 is 32.7. The molecule has 0 aliphatic heterocycles. The predicted octanol–water partition coefficient (Wildman–Crippen LogP) is 2.93. The molecule has 0 saturated heterocycles. The summed E-state index contributed by atoms with van der Waals surface area (Å²) in [5.41, 5.74) is 0.878. The SMILES string of the molecule is COc1cccc2sc(=NC(=O)CCCS(=O)(=O)c3ccccc3)n(C)c12. The minimum Gasteiger partial charge on any atom is -0.495 e. The number of para-hydroxylation sites is 1. The van der Waals surface area contributed by atoms with Crippen molar-refractivity contribution in [3.63, 3.8) is 0 Å². The fourth-order valence-electron chi connectivity index (χ4n) is 2.76. The third-order valence-corrected chi connectivity index (χ3v) is 7.05. The summed E-state index contributed by atoms with van der Waals surface area (Å²) in [5.74, 6) is 0.304. The van der Waals surface area contributed by atoms with Crippen LogP contribution < -0.4 is 9.54 Å². The Hall–Kier alpha value is -2.45. The number of benzene rings is 2. The zero-order valence-electron chi connectivity index (χ0n) is 15.1. The second-order valence-electron chi connectivity index (χ2n) is 5.99. The van der Waals surface area contributed by atoms with Crippen LogP contribution in [0.4, 0.5) is 0 Å². The fraction of sp³-hybridized carbons (Fsp3) is 0.263. The molecule has 0 unspecified atom stereocenters. The Labute approximate surface area is 161 Å². The number of nitrogens with zero attached hydrogens (tertiary/aromatic N) is 2. The monoisotopic (exact) mass is 404 g/mol. The predicted molar refractivity (Wildman–Crippen MR) is 106 cm³/mol. The summed E-state index contributed by atoms with van der Waals surface area (Å²) in [7, 11) is 0.0460. The van der Waals surface area contributed by atoms with Gasteiger partial charge in [-0.15, -0.1) is 0 Å². The summed E-state index contributed by atoms with van der Waals surface area (Å²) in [4.78, 5) is 17.2. The third-order valence-electron chi connectivity index (χ3n) is 4.13. The lowest BCUT2D eigenvalue weighted by Gasteiger charge is -2.03. The van der Waals surface area contributed by atoms with Crippen LogP contribution in [-0.4, -0.2) is 31.8 Å². The number of carbonyl (C=O) groups excluding carboxylic acids is 1. The van der Waals surface area contributed by atoms with Gasteiger partial charge in [0.15, 0.2) is 14.6 Å². The molecule has 1 heterocycles. The van der Waals surface area contributed by atoms with Crippen LogP contribution in [0.1, 0.15) is 12.8 Å². The van der Waals surface area contributed by atoms with Gasteiger partial charge in [-0.2, -0.15) is 4.99 Å². The van der Waals surface area contributed by atoms with E-state index in [1.807, 2.05) is 29.8 Å². The Balaban J connectivity index is 1.73. The van der Waals surface area contributed by atoms with Crippen LogP contribution in [0.15, 0.2) is 58.4 Å². The standard InChI is InChI=1S/C19H20N2O4S2/c1-21-18-15(25-2)10-6-11-16(18)26-19(21)20-17(22)12-7-13-27(23,24)14-8-4-3-5-9-14/h3-6,8-11H,7,12-13H2,1-2H3. The minimum atomic E-state index is -3.38. The van der Waals surface area contributed by atoms with E-state index in [0.717, 1.165) is 10.2 Å². The van der Waals surface area contributed by atoms with Crippen LogP contribution >= 0.6 is 11.3 Å². The van der Waals surface area contributed by atoms with Crippen molar-refractivity contribution in [2.24, 2.45) is 12.0 Å². The molecule has 0 spiro atoms. The molecular formula is C19H20N2O4S2. The van der Waals surface area contributed by atoms with Crippen LogP contribution in [0.25, 0.3) is 10.2 Å². The maximum absolute atomic E-state index is 12.3. The number of rotatable bonds is 6. The molecule has 0 fully saturated rings. The van der Waals surface area contributed by atoms with Gasteiger partial charge in [0.05, 0.1) is 22.5 Å². The molecule has 8 heteroatoms. The van der Waals surface area contributed by atoms with Crippen molar-refractivity contribution < 1.29 is 17.9 Å². The van der Waals surface area contributed by atoms with Gasteiger partial charge in [0.25, 0.3) is 0 Å². The van der Waals surface area contributed by atoms with Crippen LogP contribution in [0.5, 0.6) is 5.75 Å². The second kappa shape index (κ2) is 8.06. The Morgan fingerprint density at radius 2 is 1.89 bits per heavy atom. The quantitative estimate of drug-likeness (QED) is 0.633. The number of ether oxygens (including phenoxy) is 1. The largest absolute Gasteiger partial charge is 0.495 e. The summed E-state index contributed by atoms with van der Waals surface area (Å²) in [6, 6.07) is 13.9. The van der Waals surface area contributed by atoms with E-state index in [1.165, 1.54) is 11.3 Å². The molecule has 1 amide bonds. The van der Waals surface area contributed by atoms with Gasteiger partial charge in [-0.25, -0.2) is 8.42 Å². The van der Waals surface area contributed by atoms with Crippen molar-refractivity contribution in [2.45, 2.75) is 17.7 Å². The number of hydrogen-bond donors (Lipinski definition) is 0. The molecule has 0 saturated carbocycles. The molecule has 3 aromatic rings. The lowest BCUT2D eigenvalue weighted by atomic mass is 10.3. The molecule has 2 aromatic carbocycles. The summed E-state index contributed by atoms with van der Waals surface area (Å²) >= 11 is 1.39. The average Bonchev–Trinajstić information content (AvgIpc) is 2.98. The first-order valence-corrected chi connectivity index (χ1v) is 10.9. The van der Waals surface area contributed by atoms with Crippen molar-refractivity contribution in [1.82, 2.24) is 4.57 Å². The fourth-order valence-corrected chi connectivity index (χ4v) is 5.15. The van der Waals surface area contributed by atoms with Crippen molar-refractivity contribution in [1.29, 1.82) is 0 Å². The molecule has 0 radical (unpaired) electrons. The maximum Gasteiger partial charge on any atom is 0.248 e. The number of fused-ring (bicyclic) bond motifs is 1. The van der Waals surface area contributed by atoms with E-state index in [4.69, 9.17) is 4.74 Å². The number of thiazole rings is 1. The topological polar surface area (TPSA) is 77.7 Å². The Bertz CT molecular complexity index is 1130. The third kappa shape index (κ3) is 4.28. The van der Waals surface area contributed by atoms with E-state index in [-0.39, 0.29) is 29.4 Å². The molecule has 142 valence electrons. The first-order valence-electron chi connectivity index (χ1n) is 8.40. The molecule has 6 nitrogen and oxygen atoms in total. The second-order valence-corrected chi connectivity index (χ2v) is 9.11. The number of aromatic nitrogens is 1. The van der Waals surface area contributed by atoms with Crippen LogP contribution in [0, 0.1) is 0 Å². The molecule has 0 N–H and O–H groups in total. The summed E-state index contributed by atoms with van der Waals surface area (Å²) in [5, 5.41) is 0. The average molecular weight is 405 g/mol. The molecule has 27 heavy (non-hydrogen) atoms. The Kier molecular flexibility index (Phi) is 5.76. The first kappa shape index (κ1) is 19.3. The van der Waals surface area contributed by atoms with E-state index in [2.05, 4.69) is 4.99 Å². The highest BCUT2D eigenvalue weighted by molar-refractivity contribution is 7.91. The Morgan fingerprint density at radius 3 is 2.59 bits per heavy atom. The molecule has 0 aliphatic carbocycles. The summed E-state index contributed by atoms with van der Waals surface area (Å²) in [6.45, 7) is 0. The van der Waals surface area contributed by atoms with Crippen molar-refractivity contribution >= 4 is 37.3 Å². The van der Waals surface area contributed by atoms with E-state index < -0.39 is 9.84 Å². The highest BCUT2D eigenvalue weighted by atomic mass is 32.2. The number of aryl methyl sites for hydroxylation is 1. The highest BCUT2D eigenvalue weighted by Crippen LogP contribution is 2.26. The highest BCUT2D eigenvalue weighted by Gasteiger charge is 2.15. The van der Waals surface area contributed by atoms with Gasteiger partial charge >= 0.3 is 0 Å². The van der Waals surface area contributed by atoms with Gasteiger partial charge in [-0.05, 0) is 30.7 Å². The Morgan fingerprint density at radius 1 is 1.15 bits per heavy atom. The number of carbonyl (C=O) groups is 1. The van der Waals surface area contributed by atoms with Crippen molar-refractivity contribution in [3.8, 4) is 5.75 Å². The zero-order valence-corrected chi connectivity index (χ0v) is 16.7. The number of methoxy groups -OCH3 is 1. The van der Waals surface area contributed by atoms with Gasteiger partial charge in [0.1, 0.15) is 11.3 Å². The van der Waals surface area contributed by atoms with E-state index >= 15 is 0 Å². The molecular weight excluding hydrogens is 384 g/mol. The molecule has 0 bridgehead atoms. The number of hydrogen-bond acceptors (Lipinski definition) is 5. The normalized spacial score (nSPS) is 12.4. The van der Waals surface area contributed by atoms with E-state index in [0.29, 0.717) is 10.6 Å². The number of amides is 1.